The summed E-state index contributed by atoms with van der Waals surface area (Å²) in [6.07, 6.45) is 3.34. The first-order valence-corrected chi connectivity index (χ1v) is 8.45. The second-order valence-corrected chi connectivity index (χ2v) is 7.12. The van der Waals surface area contributed by atoms with Gasteiger partial charge < -0.3 is 5.73 Å². The number of hydrogen-bond acceptors (Lipinski definition) is 3. The predicted molar refractivity (Wildman–Crippen MR) is 82.2 cm³/mol. The molecule has 0 bridgehead atoms. The van der Waals surface area contributed by atoms with E-state index >= 15 is 0 Å². The van der Waals surface area contributed by atoms with Crippen molar-refractivity contribution < 1.29 is 8.42 Å². The Morgan fingerprint density at radius 1 is 1.35 bits per heavy atom. The Balaban J connectivity index is 2.23. The van der Waals surface area contributed by atoms with Gasteiger partial charge in [0.2, 0.25) is 10.0 Å². The van der Waals surface area contributed by atoms with Crippen molar-refractivity contribution in [2.75, 3.05) is 11.3 Å². The number of halogens is 1. The zero-order valence-electron chi connectivity index (χ0n) is 11.0. The molecule has 1 aliphatic carbocycles. The highest BCUT2D eigenvalue weighted by Crippen LogP contribution is 2.29. The minimum atomic E-state index is -3.38. The molecule has 6 heteroatoms. The van der Waals surface area contributed by atoms with Gasteiger partial charge in [-0.25, -0.2) is 8.42 Å². The van der Waals surface area contributed by atoms with Crippen LogP contribution in [0.1, 0.15) is 31.2 Å². The molecule has 0 unspecified atom stereocenters. The first kappa shape index (κ1) is 15.2. The van der Waals surface area contributed by atoms with E-state index in [4.69, 9.17) is 17.3 Å². The largest absolute Gasteiger partial charge is 0.320 e. The van der Waals surface area contributed by atoms with Crippen LogP contribution in [0, 0.1) is 11.8 Å². The highest BCUT2D eigenvalue weighted by molar-refractivity contribution is 7.93. The van der Waals surface area contributed by atoms with Crippen molar-refractivity contribution in [3.8, 4) is 11.8 Å². The Labute approximate surface area is 124 Å². The number of nitrogens with two attached hydrogens (primary N) is 1. The fraction of sp³-hybridized carbons (Fsp3) is 0.429. The molecule has 3 N–H and O–H groups in total. The second-order valence-electron chi connectivity index (χ2n) is 4.75. The molecule has 0 amide bonds. The number of sulfonamides is 1. The molecule has 108 valence electrons. The van der Waals surface area contributed by atoms with Crippen LogP contribution in [0.15, 0.2) is 18.2 Å². The molecule has 0 saturated heterocycles. The zero-order chi connectivity index (χ0) is 14.6. The van der Waals surface area contributed by atoms with Gasteiger partial charge in [-0.15, -0.1) is 0 Å². The molecule has 0 aliphatic heterocycles. The van der Waals surface area contributed by atoms with Gasteiger partial charge in [-0.3, -0.25) is 4.72 Å². The van der Waals surface area contributed by atoms with Crippen molar-refractivity contribution in [3.63, 3.8) is 0 Å². The molecule has 0 atom stereocenters. The summed E-state index contributed by atoms with van der Waals surface area (Å²) < 4.78 is 27.1. The summed E-state index contributed by atoms with van der Waals surface area (Å²) in [4.78, 5) is 0. The molecule has 1 aliphatic rings. The zero-order valence-corrected chi connectivity index (χ0v) is 12.6. The van der Waals surface area contributed by atoms with Crippen molar-refractivity contribution in [1.82, 2.24) is 0 Å². The minimum Gasteiger partial charge on any atom is -0.320 e. The number of anilines is 1. The fourth-order valence-corrected chi connectivity index (χ4v) is 4.09. The molecule has 1 aromatic rings. The molecule has 1 saturated carbocycles. The van der Waals surface area contributed by atoms with Gasteiger partial charge >= 0.3 is 0 Å². The van der Waals surface area contributed by atoms with Gasteiger partial charge in [0.25, 0.3) is 0 Å². The Kier molecular flexibility index (Phi) is 4.92. The normalized spacial score (nSPS) is 15.7. The van der Waals surface area contributed by atoms with E-state index in [0.717, 1.165) is 12.8 Å². The summed E-state index contributed by atoms with van der Waals surface area (Å²) in [5.74, 6) is 5.59. The van der Waals surface area contributed by atoms with E-state index in [0.29, 0.717) is 29.1 Å². The van der Waals surface area contributed by atoms with Crippen LogP contribution in [0.25, 0.3) is 0 Å². The lowest BCUT2D eigenvalue weighted by molar-refractivity contribution is 0.585. The van der Waals surface area contributed by atoms with Gasteiger partial charge in [-0.1, -0.05) is 36.3 Å². The van der Waals surface area contributed by atoms with E-state index in [-0.39, 0.29) is 11.8 Å². The van der Waals surface area contributed by atoms with Crippen LogP contribution in [-0.2, 0) is 10.0 Å². The van der Waals surface area contributed by atoms with Crippen LogP contribution < -0.4 is 10.5 Å². The van der Waals surface area contributed by atoms with Crippen LogP contribution >= 0.6 is 11.6 Å². The summed E-state index contributed by atoms with van der Waals surface area (Å²) in [6.45, 7) is 0.256. The molecular formula is C14H17ClN2O2S. The standard InChI is InChI=1S/C14H17ClN2O2S/c15-13-8-7-11(4-3-9-16)10-14(13)17-20(18,19)12-5-1-2-6-12/h7-8,10,12,17H,1-2,5-6,9,16H2. The predicted octanol–water partition coefficient (Wildman–Crippen LogP) is 2.33. The average molecular weight is 313 g/mol. The van der Waals surface area contributed by atoms with Crippen molar-refractivity contribution in [2.24, 2.45) is 5.73 Å². The van der Waals surface area contributed by atoms with Gasteiger partial charge in [0.1, 0.15) is 0 Å². The maximum atomic E-state index is 12.3. The average Bonchev–Trinajstić information content (AvgIpc) is 2.94. The summed E-state index contributed by atoms with van der Waals surface area (Å²) in [5.41, 5.74) is 6.38. The summed E-state index contributed by atoms with van der Waals surface area (Å²) in [6, 6.07) is 5.00. The van der Waals surface area contributed by atoms with E-state index in [1.54, 1.807) is 18.2 Å². The number of benzene rings is 1. The van der Waals surface area contributed by atoms with Gasteiger partial charge in [-0.2, -0.15) is 0 Å². The van der Waals surface area contributed by atoms with Crippen LogP contribution in [-0.4, -0.2) is 20.2 Å². The van der Waals surface area contributed by atoms with Gasteiger partial charge in [-0.05, 0) is 31.0 Å². The van der Waals surface area contributed by atoms with E-state index in [9.17, 15) is 8.42 Å². The Morgan fingerprint density at radius 3 is 2.70 bits per heavy atom. The maximum absolute atomic E-state index is 12.3. The fourth-order valence-electron chi connectivity index (χ4n) is 2.27. The lowest BCUT2D eigenvalue weighted by Crippen LogP contribution is -2.25. The quantitative estimate of drug-likeness (QED) is 0.841. The van der Waals surface area contributed by atoms with Crippen molar-refractivity contribution in [1.29, 1.82) is 0 Å². The maximum Gasteiger partial charge on any atom is 0.235 e. The summed E-state index contributed by atoms with van der Waals surface area (Å²) >= 11 is 6.04. The van der Waals surface area contributed by atoms with Gasteiger partial charge in [0.05, 0.1) is 22.5 Å². The van der Waals surface area contributed by atoms with Crippen molar-refractivity contribution >= 4 is 27.3 Å². The molecule has 0 radical (unpaired) electrons. The second kappa shape index (κ2) is 6.49. The van der Waals surface area contributed by atoms with Crippen LogP contribution in [0.3, 0.4) is 0 Å². The first-order valence-electron chi connectivity index (χ1n) is 6.53. The van der Waals surface area contributed by atoms with Crippen LogP contribution in [0.2, 0.25) is 5.02 Å². The van der Waals surface area contributed by atoms with Crippen molar-refractivity contribution in [2.45, 2.75) is 30.9 Å². The van der Waals surface area contributed by atoms with E-state index in [1.807, 2.05) is 0 Å². The third-order valence-corrected chi connectivity index (χ3v) is 5.48. The molecule has 0 heterocycles. The molecule has 1 fully saturated rings. The van der Waals surface area contributed by atoms with Crippen molar-refractivity contribution in [3.05, 3.63) is 28.8 Å². The number of nitrogens with one attached hydrogen (secondary N) is 1. The Morgan fingerprint density at radius 2 is 2.05 bits per heavy atom. The van der Waals surface area contributed by atoms with Gasteiger partial charge in [0.15, 0.2) is 0 Å². The minimum absolute atomic E-state index is 0.256. The number of rotatable bonds is 3. The first-order chi connectivity index (χ1) is 9.53. The third kappa shape index (κ3) is 3.66. The Hall–Kier alpha value is -1.22. The molecule has 4 nitrogen and oxygen atoms in total. The molecule has 0 aromatic heterocycles. The third-order valence-electron chi connectivity index (χ3n) is 3.29. The van der Waals surface area contributed by atoms with E-state index in [2.05, 4.69) is 16.6 Å². The van der Waals surface area contributed by atoms with Gasteiger partial charge in [0, 0.05) is 5.56 Å². The van der Waals surface area contributed by atoms with Crippen LogP contribution in [0.5, 0.6) is 0 Å². The lowest BCUT2D eigenvalue weighted by Gasteiger charge is -2.14. The van der Waals surface area contributed by atoms with E-state index in [1.165, 1.54) is 0 Å². The number of hydrogen-bond donors (Lipinski definition) is 2. The molecular weight excluding hydrogens is 296 g/mol. The topological polar surface area (TPSA) is 72.2 Å². The highest BCUT2D eigenvalue weighted by atomic mass is 35.5. The lowest BCUT2D eigenvalue weighted by atomic mass is 10.2. The SMILES string of the molecule is NCC#Cc1ccc(Cl)c(NS(=O)(=O)C2CCCC2)c1. The summed E-state index contributed by atoms with van der Waals surface area (Å²) in [5, 5.41) is 0.0437. The monoisotopic (exact) mass is 312 g/mol. The van der Waals surface area contributed by atoms with E-state index < -0.39 is 10.0 Å². The Bertz CT molecular complexity index is 641. The highest BCUT2D eigenvalue weighted by Gasteiger charge is 2.29. The summed E-state index contributed by atoms with van der Waals surface area (Å²) in [7, 11) is -3.38. The van der Waals surface area contributed by atoms with Crippen LogP contribution in [0.4, 0.5) is 5.69 Å². The smallest absolute Gasteiger partial charge is 0.235 e. The molecule has 1 aromatic carbocycles. The molecule has 0 spiro atoms. The molecule has 20 heavy (non-hydrogen) atoms. The molecule has 2 rings (SSSR count).